The molecule has 0 aliphatic carbocycles. The van der Waals surface area contributed by atoms with Crippen molar-refractivity contribution in [2.45, 2.75) is 11.4 Å². The third kappa shape index (κ3) is 6.60. The lowest BCUT2D eigenvalue weighted by Gasteiger charge is -2.14. The highest BCUT2D eigenvalue weighted by molar-refractivity contribution is 7.92. The SMILES string of the molecule is O=C(NCc1cccc([N+](=O)[O-])c1)c1cc(Cl)ccc1NS(=O)(=O)c1ccc(Oc2ccccc2Cl)cc1. The minimum absolute atomic E-state index is 0.00216. The second-order valence-electron chi connectivity index (χ2n) is 7.91. The highest BCUT2D eigenvalue weighted by Crippen LogP contribution is 2.30. The third-order valence-corrected chi connectivity index (χ3v) is 7.17. The number of nitrogens with zero attached hydrogens (tertiary/aromatic N) is 1. The van der Waals surface area contributed by atoms with Crippen molar-refractivity contribution in [2.75, 3.05) is 4.72 Å². The van der Waals surface area contributed by atoms with Crippen molar-refractivity contribution in [3.63, 3.8) is 0 Å². The molecule has 0 fully saturated rings. The van der Waals surface area contributed by atoms with Gasteiger partial charge >= 0.3 is 0 Å². The van der Waals surface area contributed by atoms with Crippen molar-refractivity contribution in [3.8, 4) is 11.5 Å². The Morgan fingerprint density at radius 1 is 0.921 bits per heavy atom. The fraction of sp³-hybridized carbons (Fsp3) is 0.0385. The summed E-state index contributed by atoms with van der Waals surface area (Å²) in [5.41, 5.74) is 0.361. The molecule has 0 aliphatic rings. The zero-order chi connectivity index (χ0) is 27.3. The number of carbonyl (C=O) groups excluding carboxylic acids is 1. The first-order chi connectivity index (χ1) is 18.1. The molecule has 4 aromatic rings. The number of non-ortho nitro benzene ring substituents is 1. The molecule has 9 nitrogen and oxygen atoms in total. The molecule has 0 aliphatic heterocycles. The Morgan fingerprint density at radius 2 is 1.66 bits per heavy atom. The Hall–Kier alpha value is -4.12. The zero-order valence-electron chi connectivity index (χ0n) is 19.4. The number of rotatable bonds is 9. The lowest BCUT2D eigenvalue weighted by molar-refractivity contribution is -0.384. The first-order valence-electron chi connectivity index (χ1n) is 11.0. The van der Waals surface area contributed by atoms with Crippen LogP contribution in [0.4, 0.5) is 11.4 Å². The normalized spacial score (nSPS) is 11.0. The van der Waals surface area contributed by atoms with E-state index in [1.165, 1.54) is 60.7 Å². The molecule has 0 heterocycles. The van der Waals surface area contributed by atoms with Crippen LogP contribution < -0.4 is 14.8 Å². The number of hydrogen-bond donors (Lipinski definition) is 2. The molecule has 0 saturated heterocycles. The van der Waals surface area contributed by atoms with Crippen molar-refractivity contribution >= 4 is 50.5 Å². The van der Waals surface area contributed by atoms with Gasteiger partial charge < -0.3 is 10.1 Å². The Balaban J connectivity index is 1.50. The van der Waals surface area contributed by atoms with Crippen LogP contribution in [0.15, 0.2) is 95.9 Å². The molecule has 0 atom stereocenters. The summed E-state index contributed by atoms with van der Waals surface area (Å²) >= 11 is 12.2. The van der Waals surface area contributed by atoms with Gasteiger partial charge in [-0.2, -0.15) is 0 Å². The molecular weight excluding hydrogens is 553 g/mol. The van der Waals surface area contributed by atoms with Gasteiger partial charge in [-0.25, -0.2) is 8.42 Å². The summed E-state index contributed by atoms with van der Waals surface area (Å²) < 4.78 is 34.2. The first kappa shape index (κ1) is 26.9. The van der Waals surface area contributed by atoms with Gasteiger partial charge in [-0.3, -0.25) is 19.6 Å². The van der Waals surface area contributed by atoms with Gasteiger partial charge in [0.25, 0.3) is 21.6 Å². The highest BCUT2D eigenvalue weighted by Gasteiger charge is 2.20. The molecule has 0 saturated carbocycles. The van der Waals surface area contributed by atoms with Crippen LogP contribution in [0, 0.1) is 10.1 Å². The van der Waals surface area contributed by atoms with Gasteiger partial charge in [-0.1, -0.05) is 47.5 Å². The second kappa shape index (κ2) is 11.5. The number of halogens is 2. The van der Waals surface area contributed by atoms with Crippen molar-refractivity contribution in [2.24, 2.45) is 0 Å². The maximum absolute atomic E-state index is 13.1. The molecule has 0 unspecified atom stereocenters. The van der Waals surface area contributed by atoms with E-state index >= 15 is 0 Å². The van der Waals surface area contributed by atoms with Crippen LogP contribution in [0.2, 0.25) is 10.0 Å². The largest absolute Gasteiger partial charge is 0.456 e. The molecule has 2 N–H and O–H groups in total. The number of para-hydroxylation sites is 1. The van der Waals surface area contributed by atoms with Crippen molar-refractivity contribution in [3.05, 3.63) is 122 Å². The fourth-order valence-electron chi connectivity index (χ4n) is 3.40. The van der Waals surface area contributed by atoms with Gasteiger partial charge in [0.1, 0.15) is 11.5 Å². The van der Waals surface area contributed by atoms with Crippen molar-refractivity contribution in [1.82, 2.24) is 5.32 Å². The summed E-state index contributed by atoms with van der Waals surface area (Å²) in [6.45, 7) is -0.0217. The minimum Gasteiger partial charge on any atom is -0.456 e. The van der Waals surface area contributed by atoms with E-state index < -0.39 is 20.9 Å². The minimum atomic E-state index is -4.09. The number of nitro benzene ring substituents is 1. The molecule has 38 heavy (non-hydrogen) atoms. The Labute approximate surface area is 228 Å². The van der Waals surface area contributed by atoms with E-state index in [9.17, 15) is 23.3 Å². The highest BCUT2D eigenvalue weighted by atomic mass is 35.5. The monoisotopic (exact) mass is 571 g/mol. The quantitative estimate of drug-likeness (QED) is 0.176. The molecule has 0 bridgehead atoms. The molecule has 0 aromatic heterocycles. The van der Waals surface area contributed by atoms with Crippen molar-refractivity contribution in [1.29, 1.82) is 0 Å². The topological polar surface area (TPSA) is 128 Å². The number of anilines is 1. The van der Waals surface area contributed by atoms with E-state index in [0.29, 0.717) is 22.1 Å². The summed E-state index contributed by atoms with van der Waals surface area (Å²) in [5, 5.41) is 14.2. The average molecular weight is 572 g/mol. The van der Waals surface area contributed by atoms with E-state index in [-0.39, 0.29) is 33.4 Å². The summed E-state index contributed by atoms with van der Waals surface area (Å²) in [6.07, 6.45) is 0. The summed E-state index contributed by atoms with van der Waals surface area (Å²) in [4.78, 5) is 23.3. The molecule has 4 aromatic carbocycles. The van der Waals surface area contributed by atoms with Crippen LogP contribution >= 0.6 is 23.2 Å². The maximum Gasteiger partial charge on any atom is 0.269 e. The van der Waals surface area contributed by atoms with Crippen LogP contribution in [-0.2, 0) is 16.6 Å². The third-order valence-electron chi connectivity index (χ3n) is 5.24. The first-order valence-corrected chi connectivity index (χ1v) is 13.2. The van der Waals surface area contributed by atoms with Crippen LogP contribution in [0.25, 0.3) is 0 Å². The average Bonchev–Trinajstić information content (AvgIpc) is 2.90. The van der Waals surface area contributed by atoms with Crippen LogP contribution in [0.1, 0.15) is 15.9 Å². The van der Waals surface area contributed by atoms with E-state index in [4.69, 9.17) is 27.9 Å². The second-order valence-corrected chi connectivity index (χ2v) is 10.4. The summed E-state index contributed by atoms with van der Waals surface area (Å²) in [7, 11) is -4.09. The van der Waals surface area contributed by atoms with E-state index in [2.05, 4.69) is 10.0 Å². The van der Waals surface area contributed by atoms with Gasteiger partial charge in [0.15, 0.2) is 0 Å². The summed E-state index contributed by atoms with van der Waals surface area (Å²) in [6, 6.07) is 22.5. The Kier molecular flexibility index (Phi) is 8.16. The standard InChI is InChI=1S/C26H19Cl2N3O6S/c27-18-8-13-24(22(15-18)26(32)29-16-17-4-3-5-19(14-17)31(33)34)30-38(35,36)21-11-9-20(10-12-21)37-25-7-2-1-6-23(25)28/h1-15,30H,16H2,(H,29,32). The van der Waals surface area contributed by atoms with Gasteiger partial charge in [0.2, 0.25) is 0 Å². The molecule has 0 radical (unpaired) electrons. The predicted molar refractivity (Wildman–Crippen MR) is 144 cm³/mol. The van der Waals surface area contributed by atoms with E-state index in [1.807, 2.05) is 0 Å². The molecule has 194 valence electrons. The van der Waals surface area contributed by atoms with Crippen LogP contribution in [0.3, 0.4) is 0 Å². The lowest BCUT2D eigenvalue weighted by atomic mass is 10.1. The van der Waals surface area contributed by atoms with Crippen molar-refractivity contribution < 1.29 is 22.9 Å². The van der Waals surface area contributed by atoms with E-state index in [0.717, 1.165) is 0 Å². The number of sulfonamides is 1. The summed E-state index contributed by atoms with van der Waals surface area (Å²) in [5.74, 6) is 0.176. The number of nitrogens with one attached hydrogen (secondary N) is 2. The van der Waals surface area contributed by atoms with Gasteiger partial charge in [0, 0.05) is 23.7 Å². The zero-order valence-corrected chi connectivity index (χ0v) is 21.8. The number of amides is 1. The smallest absolute Gasteiger partial charge is 0.269 e. The van der Waals surface area contributed by atoms with Gasteiger partial charge in [-0.05, 0) is 60.2 Å². The number of hydrogen-bond acceptors (Lipinski definition) is 6. The number of ether oxygens (including phenoxy) is 1. The van der Waals surface area contributed by atoms with Crippen LogP contribution in [0.5, 0.6) is 11.5 Å². The molecule has 0 spiro atoms. The predicted octanol–water partition coefficient (Wildman–Crippen LogP) is 6.42. The number of carbonyl (C=O) groups is 1. The lowest BCUT2D eigenvalue weighted by Crippen LogP contribution is -2.25. The Bertz CT molecular complexity index is 1610. The number of nitro groups is 1. The molecule has 12 heteroatoms. The van der Waals surface area contributed by atoms with E-state index in [1.54, 1.807) is 30.3 Å². The fourth-order valence-corrected chi connectivity index (χ4v) is 4.82. The van der Waals surface area contributed by atoms with Gasteiger partial charge in [-0.15, -0.1) is 0 Å². The maximum atomic E-state index is 13.1. The molecule has 4 rings (SSSR count). The van der Waals surface area contributed by atoms with Crippen LogP contribution in [-0.4, -0.2) is 19.2 Å². The van der Waals surface area contributed by atoms with Gasteiger partial charge in [0.05, 0.1) is 26.1 Å². The number of benzene rings is 4. The molecule has 1 amide bonds. The Morgan fingerprint density at radius 3 is 2.37 bits per heavy atom. The molecular formula is C26H19Cl2N3O6S.